The van der Waals surface area contributed by atoms with Crippen LogP contribution in [0.4, 0.5) is 11.4 Å². The molecule has 0 atom stereocenters. The molecule has 7 nitrogen and oxygen atoms in total. The predicted octanol–water partition coefficient (Wildman–Crippen LogP) is 4.95. The molecule has 0 unspecified atom stereocenters. The van der Waals surface area contributed by atoms with E-state index in [1.54, 1.807) is 49.5 Å². The van der Waals surface area contributed by atoms with Crippen molar-refractivity contribution in [1.29, 1.82) is 0 Å². The number of aryl methyl sites for hydroxylation is 1. The molecule has 0 aliphatic carbocycles. The first-order valence-electron chi connectivity index (χ1n) is 10.6. The first-order valence-corrected chi connectivity index (χ1v) is 12.9. The summed E-state index contributed by atoms with van der Waals surface area (Å²) in [5, 5.41) is 2.81. The number of thiazole rings is 1. The van der Waals surface area contributed by atoms with Crippen LogP contribution in [0.15, 0.2) is 76.4 Å². The second kappa shape index (κ2) is 8.73. The van der Waals surface area contributed by atoms with Gasteiger partial charge in [0.1, 0.15) is 0 Å². The second-order valence-electron chi connectivity index (χ2n) is 9.02. The van der Waals surface area contributed by atoms with E-state index in [9.17, 15) is 18.0 Å². The zero-order valence-corrected chi connectivity index (χ0v) is 20.9. The van der Waals surface area contributed by atoms with Crippen molar-refractivity contribution in [3.8, 4) is 0 Å². The molecule has 0 fully saturated rings. The number of hydrogen-bond acceptors (Lipinski definition) is 5. The Hall–Kier alpha value is -3.43. The van der Waals surface area contributed by atoms with Gasteiger partial charge in [0.15, 0.2) is 0 Å². The van der Waals surface area contributed by atoms with Crippen LogP contribution in [0.25, 0.3) is 10.2 Å². The summed E-state index contributed by atoms with van der Waals surface area (Å²) in [4.78, 5) is 24.4. The van der Waals surface area contributed by atoms with Crippen molar-refractivity contribution in [3.63, 3.8) is 0 Å². The molecule has 0 aliphatic heterocycles. The summed E-state index contributed by atoms with van der Waals surface area (Å²) in [5.41, 5.74) is 3.07. The maximum absolute atomic E-state index is 12.9. The van der Waals surface area contributed by atoms with E-state index >= 15 is 0 Å². The Morgan fingerprint density at radius 1 is 0.941 bits per heavy atom. The summed E-state index contributed by atoms with van der Waals surface area (Å²) >= 11 is 0.992. The molecule has 4 rings (SSSR count). The van der Waals surface area contributed by atoms with E-state index in [1.807, 2.05) is 12.1 Å². The van der Waals surface area contributed by atoms with Gasteiger partial charge in [-0.25, -0.2) is 8.42 Å². The molecular formula is C25H25N3O4S2. The Labute approximate surface area is 202 Å². The van der Waals surface area contributed by atoms with Crippen molar-refractivity contribution in [2.45, 2.75) is 31.1 Å². The molecule has 0 saturated heterocycles. The van der Waals surface area contributed by atoms with E-state index in [4.69, 9.17) is 0 Å². The zero-order chi connectivity index (χ0) is 24.7. The van der Waals surface area contributed by atoms with Gasteiger partial charge in [0, 0.05) is 18.3 Å². The van der Waals surface area contributed by atoms with E-state index < -0.39 is 10.0 Å². The highest BCUT2D eigenvalue weighted by Crippen LogP contribution is 2.25. The Balaban J connectivity index is 1.52. The SMILES string of the molecule is Cn1c(=O)sc2cc(S(=O)(=O)Nc3cccc(NC(=O)c4ccc(C(C)(C)C)cc4)c3)ccc21. The van der Waals surface area contributed by atoms with E-state index in [0.29, 0.717) is 27.2 Å². The summed E-state index contributed by atoms with van der Waals surface area (Å²) in [5.74, 6) is -0.287. The average Bonchev–Trinajstić information content (AvgIpc) is 3.06. The Kier molecular flexibility index (Phi) is 6.09. The van der Waals surface area contributed by atoms with E-state index in [0.717, 1.165) is 16.9 Å². The molecule has 176 valence electrons. The zero-order valence-electron chi connectivity index (χ0n) is 19.2. The monoisotopic (exact) mass is 495 g/mol. The first kappa shape index (κ1) is 23.7. The summed E-state index contributed by atoms with van der Waals surface area (Å²) in [6.07, 6.45) is 0. The fourth-order valence-electron chi connectivity index (χ4n) is 3.48. The fraction of sp³-hybridized carbons (Fsp3) is 0.200. The van der Waals surface area contributed by atoms with Gasteiger partial charge in [-0.3, -0.25) is 14.3 Å². The molecule has 3 aromatic carbocycles. The van der Waals surface area contributed by atoms with Crippen LogP contribution >= 0.6 is 11.3 Å². The predicted molar refractivity (Wildman–Crippen MR) is 137 cm³/mol. The van der Waals surface area contributed by atoms with Crippen LogP contribution in [0.2, 0.25) is 0 Å². The number of anilines is 2. The molecule has 0 aliphatic rings. The van der Waals surface area contributed by atoms with E-state index in [2.05, 4.69) is 30.8 Å². The van der Waals surface area contributed by atoms with Crippen LogP contribution in [0.5, 0.6) is 0 Å². The molecule has 2 N–H and O–H groups in total. The lowest BCUT2D eigenvalue weighted by molar-refractivity contribution is 0.102. The second-order valence-corrected chi connectivity index (χ2v) is 11.7. The van der Waals surface area contributed by atoms with Crippen molar-refractivity contribution < 1.29 is 13.2 Å². The van der Waals surface area contributed by atoms with Crippen LogP contribution in [-0.2, 0) is 22.5 Å². The minimum atomic E-state index is -3.89. The van der Waals surface area contributed by atoms with Gasteiger partial charge in [-0.2, -0.15) is 0 Å². The van der Waals surface area contributed by atoms with Gasteiger partial charge in [-0.05, 0) is 59.5 Å². The van der Waals surface area contributed by atoms with Crippen molar-refractivity contribution in [2.75, 3.05) is 10.0 Å². The maximum Gasteiger partial charge on any atom is 0.307 e. The minimum absolute atomic E-state index is 0.0104. The lowest BCUT2D eigenvalue weighted by Gasteiger charge is -2.19. The molecule has 0 bridgehead atoms. The largest absolute Gasteiger partial charge is 0.322 e. The number of carbonyl (C=O) groups is 1. The van der Waals surface area contributed by atoms with Gasteiger partial charge in [0.25, 0.3) is 15.9 Å². The highest BCUT2D eigenvalue weighted by Gasteiger charge is 2.18. The maximum atomic E-state index is 12.9. The van der Waals surface area contributed by atoms with Gasteiger partial charge < -0.3 is 9.88 Å². The molecule has 9 heteroatoms. The number of carbonyl (C=O) groups excluding carboxylic acids is 1. The summed E-state index contributed by atoms with van der Waals surface area (Å²) < 4.78 is 30.5. The third-order valence-corrected chi connectivity index (χ3v) is 7.83. The molecular weight excluding hydrogens is 470 g/mol. The summed E-state index contributed by atoms with van der Waals surface area (Å²) in [6.45, 7) is 6.32. The Morgan fingerprint density at radius 2 is 1.62 bits per heavy atom. The van der Waals surface area contributed by atoms with Gasteiger partial charge in [-0.1, -0.05) is 50.3 Å². The number of nitrogens with one attached hydrogen (secondary N) is 2. The number of amides is 1. The van der Waals surface area contributed by atoms with E-state index in [-0.39, 0.29) is 21.1 Å². The van der Waals surface area contributed by atoms with Crippen molar-refractivity contribution >= 4 is 48.9 Å². The molecule has 4 aromatic rings. The van der Waals surface area contributed by atoms with E-state index in [1.165, 1.54) is 16.7 Å². The van der Waals surface area contributed by atoms with Crippen molar-refractivity contribution in [3.05, 3.63) is 87.5 Å². The van der Waals surface area contributed by atoms with Gasteiger partial charge in [0.05, 0.1) is 20.8 Å². The quantitative estimate of drug-likeness (QED) is 0.409. The molecule has 1 heterocycles. The minimum Gasteiger partial charge on any atom is -0.322 e. The normalized spacial score (nSPS) is 12.0. The number of benzene rings is 3. The van der Waals surface area contributed by atoms with Gasteiger partial charge in [0.2, 0.25) is 0 Å². The topological polar surface area (TPSA) is 97.3 Å². The van der Waals surface area contributed by atoms with Crippen molar-refractivity contribution in [1.82, 2.24) is 4.57 Å². The Morgan fingerprint density at radius 3 is 2.29 bits per heavy atom. The molecule has 0 saturated carbocycles. The number of fused-ring (bicyclic) bond motifs is 1. The summed E-state index contributed by atoms with van der Waals surface area (Å²) in [6, 6.07) is 18.5. The van der Waals surface area contributed by atoms with Gasteiger partial charge >= 0.3 is 4.87 Å². The smallest absolute Gasteiger partial charge is 0.307 e. The molecule has 0 spiro atoms. The highest BCUT2D eigenvalue weighted by atomic mass is 32.2. The van der Waals surface area contributed by atoms with Crippen LogP contribution in [-0.4, -0.2) is 18.9 Å². The lowest BCUT2D eigenvalue weighted by Crippen LogP contribution is -2.15. The molecule has 34 heavy (non-hydrogen) atoms. The van der Waals surface area contributed by atoms with Crippen LogP contribution in [0.3, 0.4) is 0 Å². The van der Waals surface area contributed by atoms with Crippen LogP contribution in [0, 0.1) is 0 Å². The van der Waals surface area contributed by atoms with Crippen LogP contribution in [0.1, 0.15) is 36.7 Å². The van der Waals surface area contributed by atoms with Crippen molar-refractivity contribution in [2.24, 2.45) is 7.05 Å². The molecule has 0 radical (unpaired) electrons. The van der Waals surface area contributed by atoms with Crippen LogP contribution < -0.4 is 14.9 Å². The number of nitrogens with zero attached hydrogens (tertiary/aromatic N) is 1. The average molecular weight is 496 g/mol. The fourth-order valence-corrected chi connectivity index (χ4v) is 5.55. The number of sulfonamides is 1. The number of aromatic nitrogens is 1. The number of hydrogen-bond donors (Lipinski definition) is 2. The summed E-state index contributed by atoms with van der Waals surface area (Å²) in [7, 11) is -2.25. The Bertz CT molecular complexity index is 1540. The lowest BCUT2D eigenvalue weighted by atomic mass is 9.87. The third kappa shape index (κ3) is 4.90. The third-order valence-electron chi connectivity index (χ3n) is 5.46. The first-order chi connectivity index (χ1) is 15.9. The number of rotatable bonds is 5. The molecule has 1 aromatic heterocycles. The molecule has 1 amide bonds. The standard InChI is InChI=1S/C25H25N3O4S2/c1-25(2,3)17-10-8-16(9-11-17)23(29)26-18-6-5-7-19(14-18)27-34(31,32)20-12-13-21-22(15-20)33-24(30)28(21)4/h5-15,27H,1-4H3,(H,26,29). The highest BCUT2D eigenvalue weighted by molar-refractivity contribution is 7.92. The van der Waals surface area contributed by atoms with Gasteiger partial charge in [-0.15, -0.1) is 0 Å².